The second kappa shape index (κ2) is 6.17. The third-order valence-corrected chi connectivity index (χ3v) is 3.17. The van der Waals surface area contributed by atoms with Crippen molar-refractivity contribution in [3.8, 4) is 11.5 Å². The molecule has 3 N–H and O–H groups in total. The van der Waals surface area contributed by atoms with Gasteiger partial charge in [-0.05, 0) is 43.3 Å². The van der Waals surface area contributed by atoms with Crippen molar-refractivity contribution in [3.63, 3.8) is 0 Å². The number of benzene rings is 2. The third-order valence-electron chi connectivity index (χ3n) is 3.17. The molecule has 0 spiro atoms. The van der Waals surface area contributed by atoms with Crippen LogP contribution in [0.15, 0.2) is 42.5 Å². The van der Waals surface area contributed by atoms with E-state index in [9.17, 15) is 9.90 Å². The Hall–Kier alpha value is -2.69. The second-order valence-corrected chi connectivity index (χ2v) is 4.53. The maximum atomic E-state index is 12.6. The number of nitrogens with zero attached hydrogens (tertiary/aromatic N) is 1. The number of carbonyl (C=O) groups excluding carboxylic acids is 1. The van der Waals surface area contributed by atoms with Gasteiger partial charge in [-0.2, -0.15) is 0 Å². The number of phenolic OH excluding ortho intramolecular Hbond substituents is 1. The predicted molar refractivity (Wildman–Crippen MR) is 82.9 cm³/mol. The first-order valence-corrected chi connectivity index (χ1v) is 6.61. The van der Waals surface area contributed by atoms with Gasteiger partial charge in [-0.1, -0.05) is 6.07 Å². The van der Waals surface area contributed by atoms with Crippen LogP contribution in [0.2, 0.25) is 0 Å². The largest absolute Gasteiger partial charge is 0.504 e. The number of carbonyl (C=O) groups is 1. The fourth-order valence-electron chi connectivity index (χ4n) is 2.11. The van der Waals surface area contributed by atoms with Gasteiger partial charge in [0.25, 0.3) is 5.91 Å². The Morgan fingerprint density at radius 2 is 2.05 bits per heavy atom. The summed E-state index contributed by atoms with van der Waals surface area (Å²) in [6.07, 6.45) is 0. The first-order valence-electron chi connectivity index (χ1n) is 6.61. The summed E-state index contributed by atoms with van der Waals surface area (Å²) < 4.78 is 4.98. The van der Waals surface area contributed by atoms with Crippen LogP contribution < -0.4 is 15.4 Å². The van der Waals surface area contributed by atoms with E-state index in [4.69, 9.17) is 10.5 Å². The monoisotopic (exact) mass is 286 g/mol. The van der Waals surface area contributed by atoms with Gasteiger partial charge in [0.15, 0.2) is 11.5 Å². The Kier molecular flexibility index (Phi) is 4.33. The molecule has 2 aromatic rings. The summed E-state index contributed by atoms with van der Waals surface area (Å²) in [4.78, 5) is 14.2. The van der Waals surface area contributed by atoms with Crippen molar-refractivity contribution < 1.29 is 14.6 Å². The van der Waals surface area contributed by atoms with Crippen molar-refractivity contribution in [2.24, 2.45) is 0 Å². The van der Waals surface area contributed by atoms with E-state index in [-0.39, 0.29) is 11.7 Å². The molecule has 5 nitrogen and oxygen atoms in total. The quantitative estimate of drug-likeness (QED) is 0.847. The molecule has 0 heterocycles. The van der Waals surface area contributed by atoms with Crippen molar-refractivity contribution in [3.05, 3.63) is 48.0 Å². The number of hydrogen-bond donors (Lipinski definition) is 2. The van der Waals surface area contributed by atoms with Crippen molar-refractivity contribution in [2.45, 2.75) is 6.92 Å². The lowest BCUT2D eigenvalue weighted by atomic mass is 10.1. The van der Waals surface area contributed by atoms with Gasteiger partial charge in [-0.3, -0.25) is 4.79 Å². The summed E-state index contributed by atoms with van der Waals surface area (Å²) >= 11 is 0. The molecule has 110 valence electrons. The van der Waals surface area contributed by atoms with Crippen LogP contribution in [0.3, 0.4) is 0 Å². The summed E-state index contributed by atoms with van der Waals surface area (Å²) in [5.74, 6) is 0.0617. The standard InChI is InChI=1S/C16H18N2O3/c1-3-18(13-6-4-5-12(17)10-13)16(20)11-7-8-15(21-2)14(19)9-11/h4-10,19H,3,17H2,1-2H3. The molecule has 21 heavy (non-hydrogen) atoms. The van der Waals surface area contributed by atoms with Gasteiger partial charge < -0.3 is 20.5 Å². The third kappa shape index (κ3) is 3.08. The van der Waals surface area contributed by atoms with E-state index in [2.05, 4.69) is 0 Å². The number of phenols is 1. The first kappa shape index (κ1) is 14.7. The van der Waals surface area contributed by atoms with Gasteiger partial charge in [0.05, 0.1) is 7.11 Å². The van der Waals surface area contributed by atoms with Gasteiger partial charge in [0.1, 0.15) is 0 Å². The number of methoxy groups -OCH3 is 1. The van der Waals surface area contributed by atoms with Gasteiger partial charge in [0.2, 0.25) is 0 Å². The Bertz CT molecular complexity index is 656. The maximum absolute atomic E-state index is 12.6. The van der Waals surface area contributed by atoms with Gasteiger partial charge in [-0.15, -0.1) is 0 Å². The second-order valence-electron chi connectivity index (χ2n) is 4.53. The molecule has 0 atom stereocenters. The molecule has 0 unspecified atom stereocenters. The molecule has 0 aliphatic rings. The minimum atomic E-state index is -0.207. The number of anilines is 2. The predicted octanol–water partition coefficient (Wildman–Crippen LogP) is 2.65. The van der Waals surface area contributed by atoms with Crippen LogP contribution in [0.1, 0.15) is 17.3 Å². The number of aromatic hydroxyl groups is 1. The Balaban J connectivity index is 2.34. The Labute approximate surface area is 123 Å². The fraction of sp³-hybridized carbons (Fsp3) is 0.188. The van der Waals surface area contributed by atoms with Gasteiger partial charge in [0, 0.05) is 23.5 Å². The number of ether oxygens (including phenoxy) is 1. The zero-order valence-electron chi connectivity index (χ0n) is 12.0. The molecular weight excluding hydrogens is 268 g/mol. The Morgan fingerprint density at radius 1 is 1.29 bits per heavy atom. The molecule has 2 rings (SSSR count). The maximum Gasteiger partial charge on any atom is 0.258 e. The SMILES string of the molecule is CCN(C(=O)c1ccc(OC)c(O)c1)c1cccc(N)c1. The van der Waals surface area contributed by atoms with E-state index in [1.165, 1.54) is 13.2 Å². The average molecular weight is 286 g/mol. The molecule has 0 saturated heterocycles. The van der Waals surface area contributed by atoms with Gasteiger partial charge >= 0.3 is 0 Å². The van der Waals surface area contributed by atoms with E-state index in [1.54, 1.807) is 35.2 Å². The van der Waals surface area contributed by atoms with E-state index in [1.807, 2.05) is 13.0 Å². The van der Waals surface area contributed by atoms with E-state index in [0.29, 0.717) is 23.5 Å². The highest BCUT2D eigenvalue weighted by Gasteiger charge is 2.17. The lowest BCUT2D eigenvalue weighted by Crippen LogP contribution is -2.30. The highest BCUT2D eigenvalue weighted by Crippen LogP contribution is 2.28. The smallest absolute Gasteiger partial charge is 0.258 e. The minimum Gasteiger partial charge on any atom is -0.504 e. The average Bonchev–Trinajstić information content (AvgIpc) is 2.48. The number of rotatable bonds is 4. The molecule has 1 amide bonds. The first-order chi connectivity index (χ1) is 10.1. The highest BCUT2D eigenvalue weighted by atomic mass is 16.5. The molecule has 5 heteroatoms. The van der Waals surface area contributed by atoms with E-state index in [0.717, 1.165) is 5.69 Å². The summed E-state index contributed by atoms with van der Waals surface area (Å²) in [6, 6.07) is 11.7. The van der Waals surface area contributed by atoms with Crippen LogP contribution >= 0.6 is 0 Å². The summed E-state index contributed by atoms with van der Waals surface area (Å²) in [5, 5.41) is 9.79. The van der Waals surface area contributed by atoms with Crippen LogP contribution in [0.4, 0.5) is 11.4 Å². The molecule has 0 aromatic heterocycles. The molecule has 0 saturated carbocycles. The zero-order valence-corrected chi connectivity index (χ0v) is 12.0. The van der Waals surface area contributed by atoms with Crippen LogP contribution in [0.5, 0.6) is 11.5 Å². The van der Waals surface area contributed by atoms with Crippen molar-refractivity contribution >= 4 is 17.3 Å². The van der Waals surface area contributed by atoms with Crippen molar-refractivity contribution in [1.82, 2.24) is 0 Å². The van der Waals surface area contributed by atoms with Crippen molar-refractivity contribution in [1.29, 1.82) is 0 Å². The number of amides is 1. The number of nitrogens with two attached hydrogens (primary N) is 1. The highest BCUT2D eigenvalue weighted by molar-refractivity contribution is 6.06. The molecule has 2 aromatic carbocycles. The van der Waals surface area contributed by atoms with E-state index < -0.39 is 0 Å². The lowest BCUT2D eigenvalue weighted by Gasteiger charge is -2.21. The molecule has 0 aliphatic carbocycles. The lowest BCUT2D eigenvalue weighted by molar-refractivity contribution is 0.0988. The van der Waals surface area contributed by atoms with Crippen LogP contribution in [0.25, 0.3) is 0 Å². The summed E-state index contributed by atoms with van der Waals surface area (Å²) in [7, 11) is 1.46. The zero-order chi connectivity index (χ0) is 15.4. The van der Waals surface area contributed by atoms with Crippen LogP contribution in [0, 0.1) is 0 Å². The topological polar surface area (TPSA) is 75.8 Å². The molecule has 0 bridgehead atoms. The summed E-state index contributed by atoms with van der Waals surface area (Å²) in [6.45, 7) is 2.37. The van der Waals surface area contributed by atoms with E-state index >= 15 is 0 Å². The fourth-order valence-corrected chi connectivity index (χ4v) is 2.11. The normalized spacial score (nSPS) is 10.2. The summed E-state index contributed by atoms with van der Waals surface area (Å²) in [5.41, 5.74) is 7.46. The molecule has 0 aliphatic heterocycles. The minimum absolute atomic E-state index is 0.0630. The number of hydrogen-bond acceptors (Lipinski definition) is 4. The van der Waals surface area contributed by atoms with Crippen LogP contribution in [-0.2, 0) is 0 Å². The molecular formula is C16H18N2O3. The van der Waals surface area contributed by atoms with Crippen molar-refractivity contribution in [2.75, 3.05) is 24.3 Å². The van der Waals surface area contributed by atoms with Gasteiger partial charge in [-0.25, -0.2) is 0 Å². The Morgan fingerprint density at radius 3 is 2.62 bits per heavy atom. The molecule has 0 radical (unpaired) electrons. The number of nitrogen functional groups attached to an aromatic ring is 1. The molecule has 0 fully saturated rings. The van der Waals surface area contributed by atoms with Crippen LogP contribution in [-0.4, -0.2) is 24.7 Å².